The van der Waals surface area contributed by atoms with Crippen molar-refractivity contribution >= 4 is 153 Å². The summed E-state index contributed by atoms with van der Waals surface area (Å²) < 4.78 is 221. The average Bonchev–Trinajstić information content (AvgIpc) is 1.61. The SMILES string of the molecule is O=S(=O)([O-])c1ccc(-c2c3nc(c(-c4ccc(S(=O)(=O)[O-])cc4)c4ccc([nH]4)c(-c4ccc(S(=O)(=O)[O-])cc4)c4nc(c(-c5ccc(-c6ccc(-c7c8nc(c(-c9ccc(S(=O)(=O)[O-])cc9)c9ccc([nH]9)c(-c9ccc(S(=O)(=O)[O-])cc9)c9nc(c(-c%10ccc(S(=O)(=O)[O-])cc%10)c%10ccc7[nH]%10)C=C9)C=C8)cc6)cc5)c5ccc2[nH]5)C=C4)C=C3)cc1. The van der Waals surface area contributed by atoms with Crippen LogP contribution in [0, 0.1) is 0 Å². The minimum atomic E-state index is -4.89. The summed E-state index contributed by atoms with van der Waals surface area (Å²) in [5.74, 6) is 0. The Kier molecular flexibility index (Phi) is 18.9. The summed E-state index contributed by atoms with van der Waals surface area (Å²) in [6.07, 6.45) is 14.1. The Balaban J connectivity index is 0.819. The molecule has 10 heterocycles. The molecule has 0 amide bonds. The molecule has 0 unspecified atom stereocenters. The van der Waals surface area contributed by atoms with E-state index in [0.717, 1.165) is 11.1 Å². The first-order valence-corrected chi connectivity index (χ1v) is 44.6. The predicted molar refractivity (Wildman–Crippen MR) is 448 cm³/mol. The van der Waals surface area contributed by atoms with Gasteiger partial charge in [0.05, 0.1) is 74.9 Å². The molecule has 4 N–H and O–H groups in total. The van der Waals surface area contributed by atoms with Gasteiger partial charge < -0.3 is 47.3 Å². The van der Waals surface area contributed by atoms with Crippen molar-refractivity contribution in [2.45, 2.75) is 29.4 Å². The fourth-order valence-corrected chi connectivity index (χ4v) is 18.0. The van der Waals surface area contributed by atoms with Crippen LogP contribution in [0.4, 0.5) is 0 Å². The van der Waals surface area contributed by atoms with Crippen LogP contribution in [0.5, 0.6) is 0 Å². The lowest BCUT2D eigenvalue weighted by Gasteiger charge is -2.10. The molecule has 16 bridgehead atoms. The number of nitrogens with zero attached hydrogens (tertiary/aromatic N) is 4. The van der Waals surface area contributed by atoms with Crippen LogP contribution in [0.3, 0.4) is 0 Å². The van der Waals surface area contributed by atoms with Crippen molar-refractivity contribution in [3.8, 4) is 100 Å². The van der Waals surface area contributed by atoms with Crippen molar-refractivity contribution in [3.63, 3.8) is 0 Å². The second-order valence-electron chi connectivity index (χ2n) is 28.0. The van der Waals surface area contributed by atoms with Crippen molar-refractivity contribution in [3.05, 3.63) is 288 Å². The first kappa shape index (κ1) is 77.6. The summed E-state index contributed by atoms with van der Waals surface area (Å²) in [5, 5.41) is 0. The predicted octanol–water partition coefficient (Wildman–Crippen LogP) is 16.1. The molecule has 4 aliphatic rings. The van der Waals surface area contributed by atoms with Crippen molar-refractivity contribution in [1.29, 1.82) is 0 Å². The average molecular weight is 1700 g/mol. The van der Waals surface area contributed by atoms with E-state index in [4.69, 9.17) is 19.9 Å². The van der Waals surface area contributed by atoms with Crippen LogP contribution in [0.15, 0.2) is 272 Å². The molecule has 26 nitrogen and oxygen atoms in total. The molecule has 4 aliphatic heterocycles. The summed E-state index contributed by atoms with van der Waals surface area (Å²) in [6.45, 7) is 0. The number of nitrogens with one attached hydrogen (secondary N) is 4. The van der Waals surface area contributed by atoms with E-state index < -0.39 is 90.1 Å². The van der Waals surface area contributed by atoms with Gasteiger partial charge in [-0.2, -0.15) is 0 Å². The van der Waals surface area contributed by atoms with Gasteiger partial charge in [0, 0.05) is 88.6 Å². The highest BCUT2D eigenvalue weighted by Crippen LogP contribution is 2.44. The quantitative estimate of drug-likeness (QED) is 0.0692. The van der Waals surface area contributed by atoms with E-state index in [1.54, 1.807) is 85.0 Å². The first-order valence-electron chi connectivity index (χ1n) is 36.1. The fourth-order valence-electron chi connectivity index (χ4n) is 15.2. The summed E-state index contributed by atoms with van der Waals surface area (Å²) >= 11 is 0. The van der Waals surface area contributed by atoms with Crippen molar-refractivity contribution < 1.29 is 77.8 Å². The Morgan fingerprint density at radius 3 is 0.383 bits per heavy atom. The monoisotopic (exact) mass is 1700 g/mol. The van der Waals surface area contributed by atoms with Gasteiger partial charge in [-0.1, -0.05) is 121 Å². The molecule has 0 atom stereocenters. The number of aromatic nitrogens is 8. The van der Waals surface area contributed by atoms with Gasteiger partial charge in [0.1, 0.15) is 60.7 Å². The number of fused-ring (bicyclic) bond motifs is 16. The molecule has 0 radical (unpaired) electrons. The van der Waals surface area contributed by atoms with E-state index in [-0.39, 0.29) is 0 Å². The van der Waals surface area contributed by atoms with E-state index in [2.05, 4.69) is 19.9 Å². The van der Waals surface area contributed by atoms with E-state index in [0.29, 0.717) is 179 Å². The molecule has 120 heavy (non-hydrogen) atoms. The Labute approximate surface area is 683 Å². The molecule has 18 rings (SSSR count). The lowest BCUT2D eigenvalue weighted by atomic mass is 9.97. The fraction of sp³-hybridized carbons (Fsp3) is 0. The topological polar surface area (TPSA) is 458 Å². The molecule has 6 aromatic heterocycles. The second kappa shape index (κ2) is 29.2. The number of aromatic amines is 4. The van der Waals surface area contributed by atoms with Gasteiger partial charge in [-0.25, -0.2) is 70.4 Å². The highest BCUT2D eigenvalue weighted by Gasteiger charge is 2.25. The minimum absolute atomic E-state index is 0.349. The minimum Gasteiger partial charge on any atom is -0.744 e. The molecule has 32 heteroatoms. The Morgan fingerprint density at radius 1 is 0.158 bits per heavy atom. The van der Waals surface area contributed by atoms with Gasteiger partial charge in [-0.05, 0) is 226 Å². The first-order chi connectivity index (χ1) is 57.2. The summed E-state index contributed by atoms with van der Waals surface area (Å²) in [4.78, 5) is 32.3. The third-order valence-electron chi connectivity index (χ3n) is 20.8. The maximum atomic E-state index is 12.3. The van der Waals surface area contributed by atoms with E-state index in [1.807, 2.05) is 60.7 Å². The number of H-pyrrole nitrogens is 4. The van der Waals surface area contributed by atoms with Crippen molar-refractivity contribution in [2.75, 3.05) is 0 Å². The van der Waals surface area contributed by atoms with Crippen LogP contribution < -0.4 is 0 Å². The van der Waals surface area contributed by atoms with E-state index in [9.17, 15) is 77.8 Å². The zero-order valence-corrected chi connectivity index (χ0v) is 66.2. The molecule has 0 saturated heterocycles. The lowest BCUT2D eigenvalue weighted by Crippen LogP contribution is -1.98. The van der Waals surface area contributed by atoms with Crippen molar-refractivity contribution in [1.82, 2.24) is 39.9 Å². The van der Waals surface area contributed by atoms with Gasteiger partial charge >= 0.3 is 0 Å². The molecular formula is C88H52N8O18S6-6. The smallest absolute Gasteiger partial charge is 0.124 e. The van der Waals surface area contributed by atoms with E-state index >= 15 is 0 Å². The van der Waals surface area contributed by atoms with Gasteiger partial charge in [0.2, 0.25) is 0 Å². The zero-order chi connectivity index (χ0) is 83.7. The lowest BCUT2D eigenvalue weighted by molar-refractivity contribution is 0.461. The maximum absolute atomic E-state index is 12.3. The molecule has 594 valence electrons. The van der Waals surface area contributed by atoms with Gasteiger partial charge in [0.15, 0.2) is 0 Å². The normalized spacial score (nSPS) is 13.0. The third-order valence-corrected chi connectivity index (χ3v) is 25.9. The number of hydrogen-bond acceptors (Lipinski definition) is 22. The summed E-state index contributed by atoms with van der Waals surface area (Å²) in [5.41, 5.74) is 16.1. The molecule has 0 fully saturated rings. The van der Waals surface area contributed by atoms with Crippen LogP contribution in [-0.2, 0) is 60.7 Å². The highest BCUT2D eigenvalue weighted by molar-refractivity contribution is 7.87. The standard InChI is InChI=1S/C88H58N8O18S6/c97-115(98,99)59-21-9-53(10-22-59)83-69-37-33-65(89-69)81(66-34-38-70(90-66)84(54-11-23-60(24-12-54)116(100,101)102)74-42-46-78(94-74)87(77-45-41-73(83)93-77)57-17-29-63(30-18-57)119(109,110)111)51-5-1-49(2-6-51)50-3-7-52(8-4-50)82-67-35-39-71(91-67)85(55-13-25-61(26-14-55)117(103,104)105)75-43-47-79(95-75)88(58-19-31-64(32-20-58)120(112,113)114)80-48-44-76(96-80)86(72-40-36-68(82)92-72)56-15-27-62(28-16-56)118(106,107)108/h1-48,89,91,94,96H,(H,97,98,99)(H,100,101,102)(H,103,104,105)(H,106,107,108)(H,109,110,111)(H,112,113,114)/p-6. The highest BCUT2D eigenvalue weighted by atomic mass is 32.2. The number of rotatable bonds is 15. The Morgan fingerprint density at radius 2 is 0.267 bits per heavy atom. The second-order valence-corrected chi connectivity index (χ2v) is 36.3. The number of hydrogen-bond donors (Lipinski definition) is 4. The van der Waals surface area contributed by atoms with Crippen LogP contribution >= 0.6 is 0 Å². The van der Waals surface area contributed by atoms with Gasteiger partial charge in [0.25, 0.3) is 0 Å². The molecule has 0 spiro atoms. The molecule has 8 aromatic carbocycles. The van der Waals surface area contributed by atoms with Gasteiger partial charge in [-0.3, -0.25) is 0 Å². The van der Waals surface area contributed by atoms with Crippen LogP contribution in [0.2, 0.25) is 0 Å². The maximum Gasteiger partial charge on any atom is 0.124 e. The van der Waals surface area contributed by atoms with Crippen LogP contribution in [0.25, 0.3) is 193 Å². The molecule has 14 aromatic rings. The summed E-state index contributed by atoms with van der Waals surface area (Å²) in [7, 11) is -29.3. The molecule has 0 saturated carbocycles. The largest absolute Gasteiger partial charge is 0.744 e. The number of benzene rings is 8. The molecular weight excluding hydrogens is 1650 g/mol. The van der Waals surface area contributed by atoms with Crippen molar-refractivity contribution in [2.24, 2.45) is 0 Å². The third kappa shape index (κ3) is 14.8. The summed E-state index contributed by atoms with van der Waals surface area (Å²) in [6, 6.07) is 61.6. The van der Waals surface area contributed by atoms with E-state index in [1.165, 1.54) is 146 Å². The van der Waals surface area contributed by atoms with Gasteiger partial charge in [-0.15, -0.1) is 0 Å². The Bertz CT molecular complexity index is 7370. The van der Waals surface area contributed by atoms with Crippen LogP contribution in [-0.4, -0.2) is 118 Å². The zero-order valence-electron chi connectivity index (χ0n) is 61.3. The Hall–Kier alpha value is -13.6. The van der Waals surface area contributed by atoms with Crippen LogP contribution in [0.1, 0.15) is 45.6 Å². The molecule has 0 aliphatic carbocycles.